The third-order valence-electron chi connectivity index (χ3n) is 5.09. The van der Waals surface area contributed by atoms with Gasteiger partial charge in [-0.05, 0) is 37.1 Å². The highest BCUT2D eigenvalue weighted by atomic mass is 16.5. The minimum Gasteiger partial charge on any atom is -0.492 e. The number of hydrogen-bond donors (Lipinski definition) is 1. The van der Waals surface area contributed by atoms with E-state index in [-0.39, 0.29) is 5.91 Å². The monoisotopic (exact) mass is 430 g/mol. The second-order valence-corrected chi connectivity index (χ2v) is 7.06. The molecule has 2 aromatic carbocycles. The molecule has 0 bridgehead atoms. The molecule has 8 nitrogen and oxygen atoms in total. The van der Waals surface area contributed by atoms with Crippen LogP contribution in [0.25, 0.3) is 0 Å². The van der Waals surface area contributed by atoms with Gasteiger partial charge in [0.1, 0.15) is 5.75 Å². The molecule has 0 aliphatic carbocycles. The summed E-state index contributed by atoms with van der Waals surface area (Å²) in [5.41, 5.74) is 7.08. The number of ether oxygens (including phenoxy) is 5. The smallest absolute Gasteiger partial charge is 0.257 e. The van der Waals surface area contributed by atoms with E-state index in [2.05, 4.69) is 0 Å². The van der Waals surface area contributed by atoms with E-state index in [1.54, 1.807) is 11.0 Å². The minimum atomic E-state index is -0.175. The SMILES string of the molecule is COc1c(Oc2ccc(CCN)cc2)cc(C(=O)N2CCCOCC2)c(OC)c1OC. The molecule has 1 amide bonds. The predicted molar refractivity (Wildman–Crippen MR) is 117 cm³/mol. The van der Waals surface area contributed by atoms with E-state index >= 15 is 0 Å². The molecule has 1 fully saturated rings. The molecule has 2 aromatic rings. The lowest BCUT2D eigenvalue weighted by atomic mass is 10.1. The number of carbonyl (C=O) groups excluding carboxylic acids is 1. The predicted octanol–water partition coefficient (Wildman–Crippen LogP) is 2.87. The molecule has 1 saturated heterocycles. The number of carbonyl (C=O) groups is 1. The van der Waals surface area contributed by atoms with Crippen LogP contribution in [0.5, 0.6) is 28.7 Å². The Labute approximate surface area is 182 Å². The summed E-state index contributed by atoms with van der Waals surface area (Å²) in [7, 11) is 4.51. The van der Waals surface area contributed by atoms with Gasteiger partial charge in [0, 0.05) is 25.8 Å². The van der Waals surface area contributed by atoms with E-state index in [4.69, 9.17) is 29.4 Å². The molecule has 0 spiro atoms. The minimum absolute atomic E-state index is 0.175. The van der Waals surface area contributed by atoms with Crippen molar-refractivity contribution in [2.24, 2.45) is 5.73 Å². The molecule has 0 unspecified atom stereocenters. The van der Waals surface area contributed by atoms with Gasteiger partial charge in [-0.15, -0.1) is 0 Å². The second-order valence-electron chi connectivity index (χ2n) is 7.06. The van der Waals surface area contributed by atoms with Gasteiger partial charge in [0.15, 0.2) is 11.5 Å². The first-order valence-corrected chi connectivity index (χ1v) is 10.3. The van der Waals surface area contributed by atoms with Crippen LogP contribution in [0.3, 0.4) is 0 Å². The molecule has 1 heterocycles. The van der Waals surface area contributed by atoms with Gasteiger partial charge < -0.3 is 34.3 Å². The van der Waals surface area contributed by atoms with Crippen molar-refractivity contribution in [3.63, 3.8) is 0 Å². The van der Waals surface area contributed by atoms with Crippen LogP contribution >= 0.6 is 0 Å². The van der Waals surface area contributed by atoms with Crippen LogP contribution in [0.4, 0.5) is 0 Å². The molecule has 31 heavy (non-hydrogen) atoms. The van der Waals surface area contributed by atoms with Crippen LogP contribution in [0, 0.1) is 0 Å². The van der Waals surface area contributed by atoms with E-state index in [0.29, 0.717) is 67.2 Å². The molecule has 1 aliphatic rings. The van der Waals surface area contributed by atoms with Crippen molar-refractivity contribution < 1.29 is 28.5 Å². The molecule has 2 N–H and O–H groups in total. The third kappa shape index (κ3) is 5.21. The zero-order valence-electron chi connectivity index (χ0n) is 18.3. The van der Waals surface area contributed by atoms with Crippen LogP contribution in [0.2, 0.25) is 0 Å². The normalized spacial score (nSPS) is 14.0. The van der Waals surface area contributed by atoms with Crippen LogP contribution in [0.1, 0.15) is 22.3 Å². The van der Waals surface area contributed by atoms with Crippen molar-refractivity contribution in [2.45, 2.75) is 12.8 Å². The Morgan fingerprint density at radius 2 is 1.71 bits per heavy atom. The largest absolute Gasteiger partial charge is 0.492 e. The van der Waals surface area contributed by atoms with E-state index in [1.807, 2.05) is 24.3 Å². The van der Waals surface area contributed by atoms with Gasteiger partial charge in [-0.3, -0.25) is 4.79 Å². The zero-order chi connectivity index (χ0) is 22.2. The molecule has 0 atom stereocenters. The molecule has 0 aromatic heterocycles. The summed E-state index contributed by atoms with van der Waals surface area (Å²) in [6, 6.07) is 9.27. The van der Waals surface area contributed by atoms with E-state index in [0.717, 1.165) is 18.4 Å². The first kappa shape index (κ1) is 22.7. The average molecular weight is 431 g/mol. The van der Waals surface area contributed by atoms with Gasteiger partial charge in [0.2, 0.25) is 11.5 Å². The number of amides is 1. The van der Waals surface area contributed by atoms with Gasteiger partial charge >= 0.3 is 0 Å². The molecule has 8 heteroatoms. The summed E-state index contributed by atoms with van der Waals surface area (Å²) in [5.74, 6) is 1.75. The van der Waals surface area contributed by atoms with Crippen molar-refractivity contribution in [1.82, 2.24) is 4.90 Å². The highest BCUT2D eigenvalue weighted by Crippen LogP contribution is 2.48. The Morgan fingerprint density at radius 1 is 1.00 bits per heavy atom. The quantitative estimate of drug-likeness (QED) is 0.688. The lowest BCUT2D eigenvalue weighted by Crippen LogP contribution is -2.33. The summed E-state index contributed by atoms with van der Waals surface area (Å²) < 4.78 is 28.2. The Balaban J connectivity index is 2.01. The summed E-state index contributed by atoms with van der Waals surface area (Å²) in [6.45, 7) is 2.84. The van der Waals surface area contributed by atoms with E-state index in [1.165, 1.54) is 21.3 Å². The van der Waals surface area contributed by atoms with Crippen molar-refractivity contribution in [2.75, 3.05) is 54.2 Å². The van der Waals surface area contributed by atoms with E-state index < -0.39 is 0 Å². The number of hydrogen-bond acceptors (Lipinski definition) is 7. The summed E-state index contributed by atoms with van der Waals surface area (Å²) in [6.07, 6.45) is 1.57. The molecule has 3 rings (SSSR count). The van der Waals surface area contributed by atoms with Crippen molar-refractivity contribution in [3.8, 4) is 28.7 Å². The zero-order valence-corrected chi connectivity index (χ0v) is 18.3. The van der Waals surface area contributed by atoms with Crippen molar-refractivity contribution in [1.29, 1.82) is 0 Å². The van der Waals surface area contributed by atoms with Gasteiger partial charge in [-0.25, -0.2) is 0 Å². The average Bonchev–Trinajstić information content (AvgIpc) is 3.08. The fourth-order valence-corrected chi connectivity index (χ4v) is 3.55. The number of methoxy groups -OCH3 is 3. The van der Waals surface area contributed by atoms with E-state index in [9.17, 15) is 4.79 Å². The van der Waals surface area contributed by atoms with Crippen LogP contribution < -0.4 is 24.7 Å². The summed E-state index contributed by atoms with van der Waals surface area (Å²) in [4.78, 5) is 15.1. The van der Waals surface area contributed by atoms with Crippen molar-refractivity contribution in [3.05, 3.63) is 41.5 Å². The number of rotatable bonds is 8. The lowest BCUT2D eigenvalue weighted by molar-refractivity contribution is 0.0736. The highest BCUT2D eigenvalue weighted by Gasteiger charge is 2.29. The Morgan fingerprint density at radius 3 is 2.35 bits per heavy atom. The van der Waals surface area contributed by atoms with Crippen molar-refractivity contribution >= 4 is 5.91 Å². The maximum atomic E-state index is 13.3. The van der Waals surface area contributed by atoms with Crippen LogP contribution in [0.15, 0.2) is 30.3 Å². The molecule has 1 aliphatic heterocycles. The Hall–Kier alpha value is -2.97. The highest BCUT2D eigenvalue weighted by molar-refractivity contribution is 5.99. The fourth-order valence-electron chi connectivity index (χ4n) is 3.55. The standard InChI is InChI=1S/C23H30N2O6/c1-27-20-18(23(26)25-11-4-13-30-14-12-25)15-19(21(28-2)22(20)29-3)31-17-7-5-16(6-8-17)9-10-24/h5-8,15H,4,9-14,24H2,1-3H3. The van der Waals surface area contributed by atoms with Gasteiger partial charge in [-0.2, -0.15) is 0 Å². The Kier molecular flexibility index (Phi) is 7.97. The molecular formula is C23H30N2O6. The number of nitrogens with zero attached hydrogens (tertiary/aromatic N) is 1. The third-order valence-corrected chi connectivity index (χ3v) is 5.09. The van der Waals surface area contributed by atoms with Gasteiger partial charge in [0.05, 0.1) is 33.5 Å². The second kappa shape index (κ2) is 10.9. The summed E-state index contributed by atoms with van der Waals surface area (Å²) >= 11 is 0. The number of benzene rings is 2. The van der Waals surface area contributed by atoms with Gasteiger partial charge in [-0.1, -0.05) is 12.1 Å². The topological polar surface area (TPSA) is 92.5 Å². The number of nitrogens with two attached hydrogens (primary N) is 1. The van der Waals surface area contributed by atoms with Crippen LogP contribution in [-0.4, -0.2) is 65.0 Å². The van der Waals surface area contributed by atoms with Crippen LogP contribution in [-0.2, 0) is 11.2 Å². The molecule has 0 radical (unpaired) electrons. The molecular weight excluding hydrogens is 400 g/mol. The maximum absolute atomic E-state index is 13.3. The molecule has 0 saturated carbocycles. The first-order chi connectivity index (χ1) is 15.1. The van der Waals surface area contributed by atoms with Gasteiger partial charge in [0.25, 0.3) is 5.91 Å². The summed E-state index contributed by atoms with van der Waals surface area (Å²) in [5, 5.41) is 0. The lowest BCUT2D eigenvalue weighted by Gasteiger charge is -2.23. The first-order valence-electron chi connectivity index (χ1n) is 10.3. The Bertz CT molecular complexity index is 877. The maximum Gasteiger partial charge on any atom is 0.257 e. The molecule has 168 valence electrons. The fraction of sp³-hybridized carbons (Fsp3) is 0.435.